The molecule has 1 unspecified atom stereocenters. The SMILES string of the molecule is O=C(CNCC1CC1)N1CCCC1c1cccc(Br)c1. The van der Waals surface area contributed by atoms with E-state index >= 15 is 0 Å². The molecule has 1 saturated carbocycles. The van der Waals surface area contributed by atoms with Crippen LogP contribution in [0.5, 0.6) is 0 Å². The first kappa shape index (κ1) is 14.1. The van der Waals surface area contributed by atoms with E-state index < -0.39 is 0 Å². The zero-order chi connectivity index (χ0) is 13.9. The third kappa shape index (κ3) is 3.41. The van der Waals surface area contributed by atoms with Crippen LogP contribution in [0.4, 0.5) is 0 Å². The van der Waals surface area contributed by atoms with Crippen LogP contribution in [0.3, 0.4) is 0 Å². The first-order valence-electron chi connectivity index (χ1n) is 7.49. The lowest BCUT2D eigenvalue weighted by atomic mass is 10.0. The number of nitrogens with one attached hydrogen (secondary N) is 1. The van der Waals surface area contributed by atoms with Gasteiger partial charge in [0.05, 0.1) is 12.6 Å². The molecule has 1 amide bonds. The van der Waals surface area contributed by atoms with E-state index in [1.807, 2.05) is 17.0 Å². The first-order valence-corrected chi connectivity index (χ1v) is 8.29. The molecule has 3 nitrogen and oxygen atoms in total. The van der Waals surface area contributed by atoms with Crippen LogP contribution in [0.1, 0.15) is 37.3 Å². The van der Waals surface area contributed by atoms with Gasteiger partial charge in [0.15, 0.2) is 0 Å². The predicted octanol–water partition coefficient (Wildman–Crippen LogP) is 3.11. The van der Waals surface area contributed by atoms with Gasteiger partial charge in [-0.3, -0.25) is 4.79 Å². The molecule has 20 heavy (non-hydrogen) atoms. The number of likely N-dealkylation sites (tertiary alicyclic amines) is 1. The summed E-state index contributed by atoms with van der Waals surface area (Å²) in [6, 6.07) is 8.59. The van der Waals surface area contributed by atoms with Gasteiger partial charge in [0.2, 0.25) is 5.91 Å². The van der Waals surface area contributed by atoms with Gasteiger partial charge in [0.1, 0.15) is 0 Å². The number of nitrogens with zero attached hydrogens (tertiary/aromatic N) is 1. The minimum atomic E-state index is 0.244. The molecular weight excluding hydrogens is 316 g/mol. The summed E-state index contributed by atoms with van der Waals surface area (Å²) in [5.41, 5.74) is 1.24. The van der Waals surface area contributed by atoms with Gasteiger partial charge in [-0.25, -0.2) is 0 Å². The molecule has 1 atom stereocenters. The Labute approximate surface area is 128 Å². The van der Waals surface area contributed by atoms with Crippen LogP contribution in [-0.2, 0) is 4.79 Å². The molecular formula is C16H21BrN2O. The van der Waals surface area contributed by atoms with E-state index in [2.05, 4.69) is 33.4 Å². The minimum absolute atomic E-state index is 0.244. The van der Waals surface area contributed by atoms with Crippen molar-refractivity contribution in [2.45, 2.75) is 31.7 Å². The van der Waals surface area contributed by atoms with E-state index in [0.29, 0.717) is 6.54 Å². The van der Waals surface area contributed by atoms with Crippen molar-refractivity contribution in [3.8, 4) is 0 Å². The van der Waals surface area contributed by atoms with Crippen LogP contribution < -0.4 is 5.32 Å². The van der Waals surface area contributed by atoms with Crippen LogP contribution in [0, 0.1) is 5.92 Å². The third-order valence-corrected chi connectivity index (χ3v) is 4.71. The number of amides is 1. The van der Waals surface area contributed by atoms with Crippen molar-refractivity contribution in [1.82, 2.24) is 10.2 Å². The molecule has 4 heteroatoms. The highest BCUT2D eigenvalue weighted by atomic mass is 79.9. The number of hydrogen-bond donors (Lipinski definition) is 1. The molecule has 1 saturated heterocycles. The highest BCUT2D eigenvalue weighted by Crippen LogP contribution is 2.33. The fourth-order valence-electron chi connectivity index (χ4n) is 2.93. The Kier molecular flexibility index (Phi) is 4.41. The number of benzene rings is 1. The van der Waals surface area contributed by atoms with E-state index in [9.17, 15) is 4.79 Å². The van der Waals surface area contributed by atoms with Crippen molar-refractivity contribution in [2.24, 2.45) is 5.92 Å². The van der Waals surface area contributed by atoms with Crippen LogP contribution in [-0.4, -0.2) is 30.4 Å². The van der Waals surface area contributed by atoms with Gasteiger partial charge in [0, 0.05) is 11.0 Å². The average molecular weight is 337 g/mol. The summed E-state index contributed by atoms with van der Waals surface area (Å²) in [6.45, 7) is 2.38. The number of halogens is 1. The molecule has 1 N–H and O–H groups in total. The van der Waals surface area contributed by atoms with Crippen LogP contribution in [0.25, 0.3) is 0 Å². The summed E-state index contributed by atoms with van der Waals surface area (Å²) in [6.07, 6.45) is 4.83. The number of hydrogen-bond acceptors (Lipinski definition) is 2. The predicted molar refractivity (Wildman–Crippen MR) is 83.4 cm³/mol. The maximum absolute atomic E-state index is 12.4. The van der Waals surface area contributed by atoms with Gasteiger partial charge in [-0.1, -0.05) is 28.1 Å². The quantitative estimate of drug-likeness (QED) is 0.895. The molecule has 2 aliphatic rings. The first-order chi connectivity index (χ1) is 9.74. The maximum atomic E-state index is 12.4. The monoisotopic (exact) mass is 336 g/mol. The zero-order valence-electron chi connectivity index (χ0n) is 11.6. The summed E-state index contributed by atoms with van der Waals surface area (Å²) in [5, 5.41) is 3.31. The zero-order valence-corrected chi connectivity index (χ0v) is 13.2. The van der Waals surface area contributed by atoms with E-state index in [1.165, 1.54) is 18.4 Å². The highest BCUT2D eigenvalue weighted by Gasteiger charge is 2.30. The Bertz CT molecular complexity index is 487. The van der Waals surface area contributed by atoms with Gasteiger partial charge >= 0.3 is 0 Å². The van der Waals surface area contributed by atoms with E-state index in [1.54, 1.807) is 0 Å². The molecule has 3 rings (SSSR count). The molecule has 0 bridgehead atoms. The molecule has 1 aromatic rings. The average Bonchev–Trinajstić information content (AvgIpc) is 3.12. The highest BCUT2D eigenvalue weighted by molar-refractivity contribution is 9.10. The number of carbonyl (C=O) groups excluding carboxylic acids is 1. The summed E-state index contributed by atoms with van der Waals surface area (Å²) in [7, 11) is 0. The standard InChI is InChI=1S/C16H21BrN2O/c17-14-4-1-3-13(9-14)15-5-2-8-19(15)16(20)11-18-10-12-6-7-12/h1,3-4,9,12,15,18H,2,5-8,10-11H2. The molecule has 108 valence electrons. The Balaban J connectivity index is 1.60. The van der Waals surface area contributed by atoms with Crippen LogP contribution in [0.15, 0.2) is 28.7 Å². The summed E-state index contributed by atoms with van der Waals surface area (Å²) in [4.78, 5) is 14.4. The second-order valence-electron chi connectivity index (χ2n) is 5.87. The van der Waals surface area contributed by atoms with Crippen molar-refractivity contribution < 1.29 is 4.79 Å². The van der Waals surface area contributed by atoms with Crippen LogP contribution >= 0.6 is 15.9 Å². The Morgan fingerprint density at radius 3 is 2.95 bits per heavy atom. The summed E-state index contributed by atoms with van der Waals surface area (Å²) in [5.74, 6) is 1.07. The lowest BCUT2D eigenvalue weighted by molar-refractivity contribution is -0.131. The molecule has 1 aliphatic carbocycles. The van der Waals surface area contributed by atoms with Crippen molar-refractivity contribution in [2.75, 3.05) is 19.6 Å². The van der Waals surface area contributed by atoms with Crippen molar-refractivity contribution in [3.05, 3.63) is 34.3 Å². The molecule has 1 heterocycles. The van der Waals surface area contributed by atoms with Gasteiger partial charge < -0.3 is 10.2 Å². The molecule has 1 aliphatic heterocycles. The van der Waals surface area contributed by atoms with Gasteiger partial charge in [-0.15, -0.1) is 0 Å². The smallest absolute Gasteiger partial charge is 0.237 e. The van der Waals surface area contributed by atoms with Crippen molar-refractivity contribution in [3.63, 3.8) is 0 Å². The fourth-order valence-corrected chi connectivity index (χ4v) is 3.35. The maximum Gasteiger partial charge on any atom is 0.237 e. The van der Waals surface area contributed by atoms with Gasteiger partial charge in [0.25, 0.3) is 0 Å². The van der Waals surface area contributed by atoms with E-state index in [4.69, 9.17) is 0 Å². The Morgan fingerprint density at radius 2 is 2.20 bits per heavy atom. The number of carbonyl (C=O) groups is 1. The van der Waals surface area contributed by atoms with Gasteiger partial charge in [-0.2, -0.15) is 0 Å². The second-order valence-corrected chi connectivity index (χ2v) is 6.79. The second kappa shape index (κ2) is 6.27. The van der Waals surface area contributed by atoms with E-state index in [-0.39, 0.29) is 11.9 Å². The minimum Gasteiger partial charge on any atom is -0.335 e. The third-order valence-electron chi connectivity index (χ3n) is 4.21. The Hall–Kier alpha value is -0.870. The lowest BCUT2D eigenvalue weighted by Gasteiger charge is -2.25. The number of rotatable bonds is 5. The molecule has 1 aromatic carbocycles. The van der Waals surface area contributed by atoms with Crippen molar-refractivity contribution >= 4 is 21.8 Å². The largest absolute Gasteiger partial charge is 0.335 e. The van der Waals surface area contributed by atoms with Crippen molar-refractivity contribution in [1.29, 1.82) is 0 Å². The lowest BCUT2D eigenvalue weighted by Crippen LogP contribution is -2.38. The molecule has 0 radical (unpaired) electrons. The molecule has 2 fully saturated rings. The molecule has 0 spiro atoms. The van der Waals surface area contributed by atoms with Gasteiger partial charge in [-0.05, 0) is 55.8 Å². The fraction of sp³-hybridized carbons (Fsp3) is 0.562. The van der Waals surface area contributed by atoms with E-state index in [0.717, 1.165) is 36.3 Å². The Morgan fingerprint density at radius 1 is 1.35 bits per heavy atom. The normalized spacial score (nSPS) is 22.2. The van der Waals surface area contributed by atoms with Crippen LogP contribution in [0.2, 0.25) is 0 Å². The topological polar surface area (TPSA) is 32.3 Å². The summed E-state index contributed by atoms with van der Waals surface area (Å²) >= 11 is 3.52. The molecule has 0 aromatic heterocycles. The summed E-state index contributed by atoms with van der Waals surface area (Å²) < 4.78 is 1.08.